The van der Waals surface area contributed by atoms with Gasteiger partial charge in [-0.15, -0.1) is 0 Å². The quantitative estimate of drug-likeness (QED) is 0.493. The van der Waals surface area contributed by atoms with Gasteiger partial charge in [0.1, 0.15) is 8.07 Å². The first kappa shape index (κ1) is 23.5. The predicted octanol–water partition coefficient (Wildman–Crippen LogP) is 5.77. The lowest BCUT2D eigenvalue weighted by Crippen LogP contribution is -2.84. The van der Waals surface area contributed by atoms with Crippen molar-refractivity contribution in [2.24, 2.45) is 0 Å². The third-order valence-electron chi connectivity index (χ3n) is 7.12. The maximum Gasteiger partial charge on any atom is 0.185 e. The van der Waals surface area contributed by atoms with Crippen molar-refractivity contribution in [3.63, 3.8) is 0 Å². The third-order valence-corrected chi connectivity index (χ3v) is 42.3. The molecule has 28 heavy (non-hydrogen) atoms. The highest BCUT2D eigenvalue weighted by molar-refractivity contribution is 7.34. The summed E-state index contributed by atoms with van der Waals surface area (Å²) in [5, 5.41) is 3.15. The Balaban J connectivity index is 3.13. The minimum atomic E-state index is -2.15. The average molecular weight is 445 g/mol. The minimum Gasteiger partial charge on any atom is -0.421 e. The van der Waals surface area contributed by atoms with Gasteiger partial charge in [0.25, 0.3) is 0 Å². The fourth-order valence-corrected chi connectivity index (χ4v) is 54.3. The Labute approximate surface area is 177 Å². The number of benzene rings is 2. The molecule has 0 atom stereocenters. The SMILES string of the molecule is CO[Si](C)(C)C([Si](C)(C)C)([Si](C)(C)C)[Si](C)(c1ccccc1)c1ccccc1. The summed E-state index contributed by atoms with van der Waals surface area (Å²) >= 11 is 0. The fraction of sp³-hybridized carbons (Fsp3) is 0.478. The van der Waals surface area contributed by atoms with E-state index >= 15 is 0 Å². The van der Waals surface area contributed by atoms with Crippen molar-refractivity contribution >= 4 is 42.9 Å². The van der Waals surface area contributed by atoms with Gasteiger partial charge in [-0.1, -0.05) is 117 Å². The zero-order chi connectivity index (χ0) is 21.4. The van der Waals surface area contributed by atoms with Crippen molar-refractivity contribution in [1.82, 2.24) is 0 Å². The van der Waals surface area contributed by atoms with Crippen LogP contribution < -0.4 is 10.4 Å². The molecule has 0 amide bonds. The Bertz CT molecular complexity index is 720. The van der Waals surface area contributed by atoms with E-state index in [-0.39, 0.29) is 0 Å². The van der Waals surface area contributed by atoms with Gasteiger partial charge in [0.15, 0.2) is 8.32 Å². The van der Waals surface area contributed by atoms with E-state index in [0.717, 1.165) is 0 Å². The summed E-state index contributed by atoms with van der Waals surface area (Å²) in [5.41, 5.74) is 0. The van der Waals surface area contributed by atoms with Crippen LogP contribution in [0.1, 0.15) is 0 Å². The molecule has 2 aromatic rings. The first-order valence-corrected chi connectivity index (χ1v) is 22.8. The maximum atomic E-state index is 6.59. The zero-order valence-corrected chi connectivity index (χ0v) is 23.7. The van der Waals surface area contributed by atoms with Crippen molar-refractivity contribution in [2.45, 2.75) is 62.8 Å². The monoisotopic (exact) mass is 444 g/mol. The van der Waals surface area contributed by atoms with E-state index in [2.05, 4.69) is 120 Å². The molecule has 0 heterocycles. The van der Waals surface area contributed by atoms with Crippen LogP contribution in [0.25, 0.3) is 0 Å². The van der Waals surface area contributed by atoms with Crippen LogP contribution in [-0.2, 0) is 4.43 Å². The number of hydrogen-bond acceptors (Lipinski definition) is 1. The van der Waals surface area contributed by atoms with Gasteiger partial charge in [0.05, 0.1) is 0 Å². The largest absolute Gasteiger partial charge is 0.421 e. The van der Waals surface area contributed by atoms with E-state index in [1.54, 1.807) is 10.4 Å². The minimum absolute atomic E-state index is 0.317. The first-order chi connectivity index (χ1) is 12.8. The van der Waals surface area contributed by atoms with E-state index in [4.69, 9.17) is 4.43 Å². The maximum absolute atomic E-state index is 6.59. The van der Waals surface area contributed by atoms with Crippen molar-refractivity contribution < 1.29 is 4.43 Å². The van der Waals surface area contributed by atoms with E-state index in [1.807, 2.05) is 7.11 Å². The highest BCUT2D eigenvalue weighted by atomic mass is 28.5. The Morgan fingerprint density at radius 2 is 0.893 bits per heavy atom. The lowest BCUT2D eigenvalue weighted by atomic mass is 10.4. The molecule has 0 bridgehead atoms. The van der Waals surface area contributed by atoms with E-state index in [1.165, 1.54) is 0 Å². The number of rotatable bonds is 7. The zero-order valence-electron chi connectivity index (χ0n) is 19.7. The van der Waals surface area contributed by atoms with Crippen LogP contribution in [-0.4, -0.2) is 39.6 Å². The number of hydrogen-bond donors (Lipinski definition) is 0. The molecule has 0 saturated carbocycles. The van der Waals surface area contributed by atoms with Crippen LogP contribution in [0.4, 0.5) is 0 Å². The van der Waals surface area contributed by atoms with Crippen LogP contribution in [0.15, 0.2) is 60.7 Å². The summed E-state index contributed by atoms with van der Waals surface area (Å²) in [4.78, 5) is 0. The molecule has 154 valence electrons. The smallest absolute Gasteiger partial charge is 0.185 e. The molecule has 0 aliphatic carbocycles. The standard InChI is InChI=1S/C23H40OSi4/c1-24-27(8,9)23(25(2,3)4,26(5,6)7)28(10,21-17-13-11-14-18-21)22-19-15-12-16-20-22/h11-20H,1-10H3. The molecule has 0 radical (unpaired) electrons. The van der Waals surface area contributed by atoms with Gasteiger partial charge in [-0.05, 0) is 17.0 Å². The summed E-state index contributed by atoms with van der Waals surface area (Å²) in [5.74, 6) is 0. The van der Waals surface area contributed by atoms with Crippen molar-refractivity contribution in [3.05, 3.63) is 60.7 Å². The molecule has 1 nitrogen and oxygen atoms in total. The molecule has 0 fully saturated rings. The van der Waals surface area contributed by atoms with Gasteiger partial charge in [0.2, 0.25) is 0 Å². The fourth-order valence-electron chi connectivity index (χ4n) is 7.33. The lowest BCUT2D eigenvalue weighted by molar-refractivity contribution is 0.400. The summed E-state index contributed by atoms with van der Waals surface area (Å²) in [6, 6.07) is 22.9. The summed E-state index contributed by atoms with van der Waals surface area (Å²) in [6.07, 6.45) is 0. The summed E-state index contributed by atoms with van der Waals surface area (Å²) in [6.45, 7) is 23.4. The predicted molar refractivity (Wildman–Crippen MR) is 138 cm³/mol. The van der Waals surface area contributed by atoms with Crippen LogP contribution in [0.3, 0.4) is 0 Å². The normalized spacial score (nSPS) is 14.2. The van der Waals surface area contributed by atoms with Crippen LogP contribution in [0, 0.1) is 0 Å². The molecule has 5 heteroatoms. The molecule has 0 aliphatic heterocycles. The van der Waals surface area contributed by atoms with Gasteiger partial charge in [0, 0.05) is 23.3 Å². The van der Waals surface area contributed by atoms with Crippen molar-refractivity contribution in [1.29, 1.82) is 0 Å². The van der Waals surface area contributed by atoms with Gasteiger partial charge >= 0.3 is 0 Å². The molecule has 0 N–H and O–H groups in total. The molecular formula is C23H40OSi4. The third kappa shape index (κ3) is 3.39. The molecule has 0 aliphatic rings. The second kappa shape index (κ2) is 7.83. The van der Waals surface area contributed by atoms with Crippen molar-refractivity contribution in [3.8, 4) is 0 Å². The molecule has 0 spiro atoms. The molecule has 0 saturated heterocycles. The van der Waals surface area contributed by atoms with E-state index in [0.29, 0.717) is 3.91 Å². The average Bonchev–Trinajstić information content (AvgIpc) is 2.60. The second-order valence-corrected chi connectivity index (χ2v) is 32.7. The Morgan fingerprint density at radius 3 is 1.14 bits per heavy atom. The van der Waals surface area contributed by atoms with E-state index < -0.39 is 32.5 Å². The van der Waals surface area contributed by atoms with Gasteiger partial charge in [-0.3, -0.25) is 0 Å². The van der Waals surface area contributed by atoms with Gasteiger partial charge < -0.3 is 4.43 Å². The second-order valence-electron chi connectivity index (χ2n) is 10.8. The molecule has 0 unspecified atom stereocenters. The highest BCUT2D eigenvalue weighted by Gasteiger charge is 2.72. The topological polar surface area (TPSA) is 9.23 Å². The Hall–Kier alpha value is -0.732. The summed E-state index contributed by atoms with van der Waals surface area (Å²) in [7, 11) is -5.54. The highest BCUT2D eigenvalue weighted by Crippen LogP contribution is 2.59. The van der Waals surface area contributed by atoms with Crippen molar-refractivity contribution in [2.75, 3.05) is 7.11 Å². The Kier molecular flexibility index (Phi) is 6.59. The van der Waals surface area contributed by atoms with Gasteiger partial charge in [-0.2, -0.15) is 0 Å². The van der Waals surface area contributed by atoms with Crippen LogP contribution >= 0.6 is 0 Å². The lowest BCUT2D eigenvalue weighted by Gasteiger charge is -2.66. The molecule has 2 aromatic carbocycles. The van der Waals surface area contributed by atoms with Crippen LogP contribution in [0.5, 0.6) is 0 Å². The van der Waals surface area contributed by atoms with Gasteiger partial charge in [-0.25, -0.2) is 0 Å². The van der Waals surface area contributed by atoms with Crippen LogP contribution in [0.2, 0.25) is 62.8 Å². The molecular weight excluding hydrogens is 405 g/mol. The van der Waals surface area contributed by atoms with E-state index in [9.17, 15) is 0 Å². The summed E-state index contributed by atoms with van der Waals surface area (Å²) < 4.78 is 6.91. The Morgan fingerprint density at radius 1 is 0.571 bits per heavy atom. The first-order valence-electron chi connectivity index (χ1n) is 10.4. The molecule has 0 aromatic heterocycles. The molecule has 2 rings (SSSR count).